The summed E-state index contributed by atoms with van der Waals surface area (Å²) < 4.78 is 0. The highest BCUT2D eigenvalue weighted by Gasteiger charge is 2.50. The maximum atomic E-state index is 11.9. The monoisotopic (exact) mass is 238 g/mol. The molecule has 0 radical (unpaired) electrons. The van der Waals surface area contributed by atoms with E-state index in [0.29, 0.717) is 0 Å². The Labute approximate surface area is 101 Å². The van der Waals surface area contributed by atoms with Gasteiger partial charge in [0.05, 0.1) is 0 Å². The number of amides is 4. The molecule has 5 nitrogen and oxygen atoms in total. The lowest BCUT2D eigenvalue weighted by atomic mass is 9.74. The summed E-state index contributed by atoms with van der Waals surface area (Å²) in [6.45, 7) is 5.58. The van der Waals surface area contributed by atoms with Crippen LogP contribution in [0.15, 0.2) is 12.2 Å². The first-order chi connectivity index (χ1) is 7.95. The normalized spacial score (nSPS) is 19.6. The third-order valence-corrected chi connectivity index (χ3v) is 2.95. The molecule has 1 fully saturated rings. The molecule has 0 aromatic heterocycles. The predicted octanol–water partition coefficient (Wildman–Crippen LogP) is 1.35. The minimum atomic E-state index is -1.27. The summed E-state index contributed by atoms with van der Waals surface area (Å²) in [5.41, 5.74) is -1.27. The topological polar surface area (TPSA) is 75.3 Å². The highest BCUT2D eigenvalue weighted by molar-refractivity contribution is 6.20. The van der Waals surface area contributed by atoms with Crippen molar-refractivity contribution in [3.63, 3.8) is 0 Å². The number of nitrogens with one attached hydrogen (secondary N) is 2. The van der Waals surface area contributed by atoms with Crippen molar-refractivity contribution in [2.75, 3.05) is 0 Å². The summed E-state index contributed by atoms with van der Waals surface area (Å²) >= 11 is 0. The lowest BCUT2D eigenvalue weighted by Gasteiger charge is -2.34. The van der Waals surface area contributed by atoms with Gasteiger partial charge in [-0.15, -0.1) is 0 Å². The number of barbiturate groups is 1. The van der Waals surface area contributed by atoms with Crippen molar-refractivity contribution < 1.29 is 14.4 Å². The Morgan fingerprint density at radius 1 is 1.18 bits per heavy atom. The van der Waals surface area contributed by atoms with Crippen LogP contribution in [0.4, 0.5) is 4.79 Å². The van der Waals surface area contributed by atoms with Gasteiger partial charge in [-0.1, -0.05) is 39.3 Å². The minimum Gasteiger partial charge on any atom is -0.277 e. The van der Waals surface area contributed by atoms with Gasteiger partial charge >= 0.3 is 6.03 Å². The van der Waals surface area contributed by atoms with E-state index < -0.39 is 23.3 Å². The third kappa shape index (κ3) is 2.38. The average molecular weight is 238 g/mol. The smallest absolute Gasteiger partial charge is 0.277 e. The van der Waals surface area contributed by atoms with Crippen LogP contribution in [0.5, 0.6) is 0 Å². The minimum absolute atomic E-state index is 0.219. The van der Waals surface area contributed by atoms with Gasteiger partial charge in [0.15, 0.2) is 0 Å². The van der Waals surface area contributed by atoms with Gasteiger partial charge in [-0.3, -0.25) is 20.2 Å². The Morgan fingerprint density at radius 3 is 2.12 bits per heavy atom. The van der Waals surface area contributed by atoms with Gasteiger partial charge < -0.3 is 0 Å². The van der Waals surface area contributed by atoms with Crippen LogP contribution in [-0.2, 0) is 9.59 Å². The van der Waals surface area contributed by atoms with Crippen molar-refractivity contribution in [3.8, 4) is 0 Å². The Hall–Kier alpha value is -1.65. The number of imide groups is 2. The van der Waals surface area contributed by atoms with Gasteiger partial charge in [0.1, 0.15) is 5.41 Å². The molecule has 17 heavy (non-hydrogen) atoms. The molecule has 0 atom stereocenters. The fraction of sp³-hybridized carbons (Fsp3) is 0.583. The summed E-state index contributed by atoms with van der Waals surface area (Å²) in [6, 6.07) is -0.750. The van der Waals surface area contributed by atoms with Crippen LogP contribution in [0.1, 0.15) is 33.6 Å². The van der Waals surface area contributed by atoms with E-state index in [1.165, 1.54) is 0 Å². The highest BCUT2D eigenvalue weighted by atomic mass is 16.2. The molecule has 1 aliphatic heterocycles. The summed E-state index contributed by atoms with van der Waals surface area (Å²) in [7, 11) is 0. The summed E-state index contributed by atoms with van der Waals surface area (Å²) in [5, 5.41) is 4.30. The molecule has 1 saturated heterocycles. The van der Waals surface area contributed by atoms with E-state index in [1.54, 1.807) is 19.9 Å². The number of carbonyl (C=O) groups excluding carboxylic acids is 3. The molecular weight excluding hydrogens is 220 g/mol. The molecule has 0 aromatic rings. The quantitative estimate of drug-likeness (QED) is 0.573. The van der Waals surface area contributed by atoms with E-state index in [-0.39, 0.29) is 5.92 Å². The number of urea groups is 1. The van der Waals surface area contributed by atoms with Crippen LogP contribution in [0.25, 0.3) is 0 Å². The van der Waals surface area contributed by atoms with Gasteiger partial charge in [-0.2, -0.15) is 0 Å². The van der Waals surface area contributed by atoms with Gasteiger partial charge in [0.2, 0.25) is 11.8 Å². The van der Waals surface area contributed by atoms with E-state index in [4.69, 9.17) is 0 Å². The second kappa shape index (κ2) is 5.12. The van der Waals surface area contributed by atoms with Crippen LogP contribution in [0.2, 0.25) is 0 Å². The van der Waals surface area contributed by atoms with Crippen molar-refractivity contribution in [1.29, 1.82) is 0 Å². The van der Waals surface area contributed by atoms with E-state index in [2.05, 4.69) is 10.6 Å². The standard InChI is InChI=1S/C12H18N2O3/c1-4-5-6-7-12(8(2)3)9(15)13-11(17)14-10(12)16/h6-8H,4-5H2,1-3H3,(H2,13,14,15,16,17)/b7-6+. The fourth-order valence-electron chi connectivity index (χ4n) is 1.85. The third-order valence-electron chi connectivity index (χ3n) is 2.95. The molecule has 2 N–H and O–H groups in total. The lowest BCUT2D eigenvalue weighted by molar-refractivity contribution is -0.143. The van der Waals surface area contributed by atoms with E-state index >= 15 is 0 Å². The van der Waals surface area contributed by atoms with E-state index in [9.17, 15) is 14.4 Å². The molecule has 0 spiro atoms. The molecule has 0 aliphatic carbocycles. The molecule has 0 bridgehead atoms. The Kier molecular flexibility index (Phi) is 4.04. The van der Waals surface area contributed by atoms with Gasteiger partial charge in [0.25, 0.3) is 0 Å². The number of hydrogen-bond donors (Lipinski definition) is 2. The molecule has 94 valence electrons. The Balaban J connectivity index is 3.09. The second-order valence-electron chi connectivity index (χ2n) is 4.45. The first kappa shape index (κ1) is 13.4. The van der Waals surface area contributed by atoms with Crippen LogP contribution >= 0.6 is 0 Å². The first-order valence-corrected chi connectivity index (χ1v) is 5.79. The largest absolute Gasteiger partial charge is 0.328 e. The zero-order chi connectivity index (χ0) is 13.1. The number of unbranched alkanes of at least 4 members (excludes halogenated alkanes) is 1. The maximum absolute atomic E-state index is 11.9. The number of carbonyl (C=O) groups is 3. The molecule has 1 rings (SSSR count). The Bertz CT molecular complexity index is 352. The lowest BCUT2D eigenvalue weighted by Crippen LogP contribution is -2.63. The summed E-state index contributed by atoms with van der Waals surface area (Å²) in [4.78, 5) is 34.9. The number of allylic oxidation sites excluding steroid dienone is 1. The molecule has 0 saturated carbocycles. The molecule has 0 aromatic carbocycles. The molecule has 1 aliphatic rings. The highest BCUT2D eigenvalue weighted by Crippen LogP contribution is 2.32. The van der Waals surface area contributed by atoms with E-state index in [1.807, 2.05) is 13.0 Å². The first-order valence-electron chi connectivity index (χ1n) is 5.79. The molecule has 4 amide bonds. The molecule has 5 heteroatoms. The SMILES string of the molecule is CCC/C=C/C1(C(C)C)C(=O)NC(=O)NC1=O. The van der Waals surface area contributed by atoms with Crippen molar-refractivity contribution in [2.45, 2.75) is 33.6 Å². The maximum Gasteiger partial charge on any atom is 0.328 e. The van der Waals surface area contributed by atoms with E-state index in [0.717, 1.165) is 12.8 Å². The van der Waals surface area contributed by atoms with Crippen molar-refractivity contribution >= 4 is 17.8 Å². The Morgan fingerprint density at radius 2 is 1.71 bits per heavy atom. The zero-order valence-corrected chi connectivity index (χ0v) is 10.4. The molecule has 0 unspecified atom stereocenters. The zero-order valence-electron chi connectivity index (χ0n) is 10.4. The predicted molar refractivity (Wildman–Crippen MR) is 63.0 cm³/mol. The van der Waals surface area contributed by atoms with Crippen LogP contribution < -0.4 is 10.6 Å². The molecular formula is C12H18N2O3. The summed E-state index contributed by atoms with van der Waals surface area (Å²) in [6.07, 6.45) is 5.16. The van der Waals surface area contributed by atoms with Gasteiger partial charge in [-0.25, -0.2) is 4.79 Å². The second-order valence-corrected chi connectivity index (χ2v) is 4.45. The van der Waals surface area contributed by atoms with Crippen molar-refractivity contribution in [2.24, 2.45) is 11.3 Å². The average Bonchev–Trinajstić information content (AvgIpc) is 2.21. The van der Waals surface area contributed by atoms with Crippen LogP contribution in [0, 0.1) is 11.3 Å². The van der Waals surface area contributed by atoms with Crippen molar-refractivity contribution in [3.05, 3.63) is 12.2 Å². The molecule has 1 heterocycles. The number of rotatable bonds is 4. The van der Waals surface area contributed by atoms with Crippen LogP contribution in [0.3, 0.4) is 0 Å². The number of hydrogen-bond acceptors (Lipinski definition) is 3. The van der Waals surface area contributed by atoms with Gasteiger partial charge in [0, 0.05) is 0 Å². The van der Waals surface area contributed by atoms with Crippen molar-refractivity contribution in [1.82, 2.24) is 10.6 Å². The van der Waals surface area contributed by atoms with Gasteiger partial charge in [-0.05, 0) is 12.3 Å². The fourth-order valence-corrected chi connectivity index (χ4v) is 1.85. The summed E-state index contributed by atoms with van der Waals surface area (Å²) in [5.74, 6) is -1.31. The van der Waals surface area contributed by atoms with Crippen LogP contribution in [-0.4, -0.2) is 17.8 Å².